The molecule has 26 heavy (non-hydrogen) atoms. The van der Waals surface area contributed by atoms with E-state index in [1.165, 1.54) is 30.5 Å². The van der Waals surface area contributed by atoms with Gasteiger partial charge in [-0.1, -0.05) is 41.4 Å². The van der Waals surface area contributed by atoms with Crippen LogP contribution in [0.1, 0.15) is 20.7 Å². The number of amides is 1. The molecule has 1 heterocycles. The third-order valence-electron chi connectivity index (χ3n) is 3.66. The van der Waals surface area contributed by atoms with Gasteiger partial charge in [0.15, 0.2) is 0 Å². The van der Waals surface area contributed by atoms with Gasteiger partial charge in [0.1, 0.15) is 5.15 Å². The first-order valence-corrected chi connectivity index (χ1v) is 8.26. The first kappa shape index (κ1) is 17.9. The lowest BCUT2D eigenvalue weighted by atomic mass is 9.95. The summed E-state index contributed by atoms with van der Waals surface area (Å²) < 4.78 is 0. The molecule has 1 aromatic heterocycles. The van der Waals surface area contributed by atoms with Gasteiger partial charge >= 0.3 is 5.97 Å². The Bertz CT molecular complexity index is 1010. The largest absolute Gasteiger partial charge is 0.478 e. The third-order valence-corrected chi connectivity index (χ3v) is 4.10. The Balaban J connectivity index is 2.06. The van der Waals surface area contributed by atoms with E-state index in [0.717, 1.165) is 0 Å². The molecule has 0 radical (unpaired) electrons. The van der Waals surface area contributed by atoms with Gasteiger partial charge < -0.3 is 10.4 Å². The van der Waals surface area contributed by atoms with Crippen LogP contribution in [0.4, 0.5) is 5.69 Å². The lowest BCUT2D eigenvalue weighted by molar-refractivity contribution is 0.0697. The summed E-state index contributed by atoms with van der Waals surface area (Å²) in [4.78, 5) is 28.1. The first-order chi connectivity index (χ1) is 12.5. The van der Waals surface area contributed by atoms with E-state index in [1.54, 1.807) is 30.3 Å². The lowest BCUT2D eigenvalue weighted by Gasteiger charge is -2.13. The van der Waals surface area contributed by atoms with Crippen LogP contribution in [0.2, 0.25) is 10.2 Å². The Hall–Kier alpha value is -2.89. The van der Waals surface area contributed by atoms with E-state index in [4.69, 9.17) is 23.2 Å². The normalized spacial score (nSPS) is 10.4. The fourth-order valence-corrected chi connectivity index (χ4v) is 2.87. The lowest BCUT2D eigenvalue weighted by Crippen LogP contribution is -2.14. The number of hydrogen-bond donors (Lipinski definition) is 2. The number of benzene rings is 2. The number of aromatic carboxylic acids is 1. The zero-order chi connectivity index (χ0) is 18.7. The maximum Gasteiger partial charge on any atom is 0.336 e. The molecule has 3 aromatic rings. The van der Waals surface area contributed by atoms with Gasteiger partial charge in [-0.05, 0) is 47.5 Å². The van der Waals surface area contributed by atoms with E-state index in [9.17, 15) is 14.7 Å². The minimum atomic E-state index is -1.10. The highest BCUT2D eigenvalue weighted by Gasteiger charge is 2.18. The number of nitrogens with zero attached hydrogens (tertiary/aromatic N) is 1. The second kappa shape index (κ2) is 7.56. The molecule has 0 spiro atoms. The van der Waals surface area contributed by atoms with Crippen LogP contribution in [-0.4, -0.2) is 22.0 Å². The Morgan fingerprint density at radius 2 is 1.69 bits per heavy atom. The fraction of sp³-hybridized carbons (Fsp3) is 0. The second-order valence-electron chi connectivity index (χ2n) is 5.36. The summed E-state index contributed by atoms with van der Waals surface area (Å²) in [6.07, 6.45) is 1.48. The maximum absolute atomic E-state index is 12.7. The van der Waals surface area contributed by atoms with Gasteiger partial charge in [0.2, 0.25) is 0 Å². The van der Waals surface area contributed by atoms with Crippen molar-refractivity contribution in [1.29, 1.82) is 0 Å². The van der Waals surface area contributed by atoms with E-state index in [1.807, 2.05) is 0 Å². The minimum absolute atomic E-state index is 0.0570. The van der Waals surface area contributed by atoms with Crippen LogP contribution in [-0.2, 0) is 0 Å². The van der Waals surface area contributed by atoms with Crippen LogP contribution in [0.15, 0.2) is 60.8 Å². The molecule has 0 saturated heterocycles. The van der Waals surface area contributed by atoms with Gasteiger partial charge in [0, 0.05) is 22.5 Å². The SMILES string of the molecule is O=C(O)c1ccc(Cl)cc1-c1ccccc1C(=O)Nc1ccnc(Cl)c1. The van der Waals surface area contributed by atoms with Crippen LogP contribution in [0, 0.1) is 0 Å². The number of aromatic nitrogens is 1. The van der Waals surface area contributed by atoms with Crippen LogP contribution in [0.5, 0.6) is 0 Å². The summed E-state index contributed by atoms with van der Waals surface area (Å²) in [6.45, 7) is 0. The van der Waals surface area contributed by atoms with Crippen molar-refractivity contribution in [3.8, 4) is 11.1 Å². The molecule has 0 aliphatic carbocycles. The van der Waals surface area contributed by atoms with Crippen molar-refractivity contribution in [1.82, 2.24) is 4.98 Å². The zero-order valence-corrected chi connectivity index (χ0v) is 14.8. The molecule has 0 saturated carbocycles. The number of halogens is 2. The van der Waals surface area contributed by atoms with Crippen LogP contribution in [0.25, 0.3) is 11.1 Å². The second-order valence-corrected chi connectivity index (χ2v) is 6.19. The molecule has 5 nitrogen and oxygen atoms in total. The van der Waals surface area contributed by atoms with Crippen molar-refractivity contribution in [2.75, 3.05) is 5.32 Å². The fourth-order valence-electron chi connectivity index (χ4n) is 2.52. The number of hydrogen-bond acceptors (Lipinski definition) is 3. The number of anilines is 1. The predicted octanol–water partition coefficient (Wildman–Crippen LogP) is 5.01. The van der Waals surface area contributed by atoms with Crippen molar-refractivity contribution in [2.45, 2.75) is 0 Å². The highest BCUT2D eigenvalue weighted by Crippen LogP contribution is 2.30. The molecule has 0 bridgehead atoms. The van der Waals surface area contributed by atoms with Crippen molar-refractivity contribution in [3.05, 3.63) is 82.1 Å². The molecule has 1 amide bonds. The first-order valence-electron chi connectivity index (χ1n) is 7.51. The number of rotatable bonds is 4. The topological polar surface area (TPSA) is 79.3 Å². The molecule has 2 N–H and O–H groups in total. The van der Waals surface area contributed by atoms with Crippen LogP contribution in [0.3, 0.4) is 0 Å². The summed E-state index contributed by atoms with van der Waals surface area (Å²) in [7, 11) is 0. The number of pyridine rings is 1. The molecule has 0 fully saturated rings. The zero-order valence-electron chi connectivity index (χ0n) is 13.2. The van der Waals surface area contributed by atoms with Gasteiger partial charge in [-0.15, -0.1) is 0 Å². The number of carboxylic acid groups (broad SMARTS) is 1. The summed E-state index contributed by atoms with van der Waals surface area (Å²) in [5, 5.41) is 12.8. The van der Waals surface area contributed by atoms with E-state index in [0.29, 0.717) is 27.4 Å². The Labute approximate surface area is 159 Å². The van der Waals surface area contributed by atoms with Gasteiger partial charge in [-0.3, -0.25) is 4.79 Å². The summed E-state index contributed by atoms with van der Waals surface area (Å²) in [5.41, 5.74) is 1.68. The average Bonchev–Trinajstić information content (AvgIpc) is 2.61. The number of carbonyl (C=O) groups is 2. The average molecular weight is 387 g/mol. The van der Waals surface area contributed by atoms with Crippen molar-refractivity contribution >= 4 is 40.8 Å². The van der Waals surface area contributed by atoms with Crippen molar-refractivity contribution in [2.24, 2.45) is 0 Å². The smallest absolute Gasteiger partial charge is 0.336 e. The molecule has 0 atom stereocenters. The summed E-state index contributed by atoms with van der Waals surface area (Å²) in [5.74, 6) is -1.51. The molecule has 7 heteroatoms. The van der Waals surface area contributed by atoms with Crippen molar-refractivity contribution in [3.63, 3.8) is 0 Å². The highest BCUT2D eigenvalue weighted by atomic mass is 35.5. The molecule has 0 aliphatic rings. The quantitative estimate of drug-likeness (QED) is 0.617. The van der Waals surface area contributed by atoms with E-state index < -0.39 is 11.9 Å². The predicted molar refractivity (Wildman–Crippen MR) is 101 cm³/mol. The standard InChI is InChI=1S/C19H12Cl2N2O3/c20-11-5-6-15(19(25)26)16(9-11)13-3-1-2-4-14(13)18(24)23-12-7-8-22-17(21)10-12/h1-10H,(H,25,26)(H,22,23,24). The number of nitrogens with one attached hydrogen (secondary N) is 1. The van der Waals surface area contributed by atoms with E-state index in [2.05, 4.69) is 10.3 Å². The van der Waals surface area contributed by atoms with Gasteiger partial charge in [-0.2, -0.15) is 0 Å². The molecule has 0 aliphatic heterocycles. The monoisotopic (exact) mass is 386 g/mol. The molecule has 0 unspecified atom stereocenters. The van der Waals surface area contributed by atoms with E-state index >= 15 is 0 Å². The minimum Gasteiger partial charge on any atom is -0.478 e. The third kappa shape index (κ3) is 3.85. The van der Waals surface area contributed by atoms with Crippen LogP contribution < -0.4 is 5.32 Å². The van der Waals surface area contributed by atoms with Crippen molar-refractivity contribution < 1.29 is 14.7 Å². The molecule has 130 valence electrons. The number of carboxylic acids is 1. The summed E-state index contributed by atoms with van der Waals surface area (Å²) >= 11 is 11.9. The van der Waals surface area contributed by atoms with Crippen LogP contribution >= 0.6 is 23.2 Å². The molecular weight excluding hydrogens is 375 g/mol. The highest BCUT2D eigenvalue weighted by molar-refractivity contribution is 6.31. The summed E-state index contributed by atoms with van der Waals surface area (Å²) in [6, 6.07) is 14.3. The molecule has 2 aromatic carbocycles. The Kier molecular flexibility index (Phi) is 5.21. The number of carbonyl (C=O) groups excluding carboxylic acids is 1. The Morgan fingerprint density at radius 3 is 2.42 bits per heavy atom. The van der Waals surface area contributed by atoms with E-state index in [-0.39, 0.29) is 10.7 Å². The van der Waals surface area contributed by atoms with Gasteiger partial charge in [0.25, 0.3) is 5.91 Å². The maximum atomic E-state index is 12.7. The Morgan fingerprint density at radius 1 is 0.923 bits per heavy atom. The molecule has 3 rings (SSSR count). The van der Waals surface area contributed by atoms with Gasteiger partial charge in [0.05, 0.1) is 5.56 Å². The van der Waals surface area contributed by atoms with Gasteiger partial charge in [-0.25, -0.2) is 9.78 Å². The molecular formula is C19H12Cl2N2O3.